The zero-order chi connectivity index (χ0) is 11.8. The molecule has 0 radical (unpaired) electrons. The molecule has 3 rings (SSSR count). The molecule has 2 heterocycles. The van der Waals surface area contributed by atoms with Crippen molar-refractivity contribution in [1.82, 2.24) is 5.32 Å². The Kier molecular flexibility index (Phi) is 2.24. The summed E-state index contributed by atoms with van der Waals surface area (Å²) in [5, 5.41) is 5.82. The molecule has 5 nitrogen and oxygen atoms in total. The molecular weight excluding hydrogens is 218 g/mol. The van der Waals surface area contributed by atoms with Gasteiger partial charge >= 0.3 is 6.03 Å². The predicted octanol–water partition coefficient (Wildman–Crippen LogP) is 1.10. The van der Waals surface area contributed by atoms with Crippen LogP contribution >= 0.6 is 0 Å². The molecule has 1 aromatic carbocycles. The van der Waals surface area contributed by atoms with Crippen molar-refractivity contribution in [1.29, 1.82) is 0 Å². The lowest BCUT2D eigenvalue weighted by Crippen LogP contribution is -2.30. The third-order valence-corrected chi connectivity index (χ3v) is 3.13. The molecule has 17 heavy (non-hydrogen) atoms. The first-order valence-electron chi connectivity index (χ1n) is 5.73. The van der Waals surface area contributed by atoms with Gasteiger partial charge in [-0.3, -0.25) is 4.79 Å². The lowest BCUT2D eigenvalue weighted by Gasteiger charge is -2.20. The van der Waals surface area contributed by atoms with Gasteiger partial charge in [0.05, 0.1) is 12.2 Å². The molecule has 3 amide bonds. The number of carbonyl (C=O) groups is 2. The summed E-state index contributed by atoms with van der Waals surface area (Å²) >= 11 is 0. The van der Waals surface area contributed by atoms with Crippen LogP contribution in [0.15, 0.2) is 18.2 Å². The quantitative estimate of drug-likeness (QED) is 0.711. The van der Waals surface area contributed by atoms with Crippen molar-refractivity contribution in [3.05, 3.63) is 23.8 Å². The van der Waals surface area contributed by atoms with Crippen LogP contribution in [-0.2, 0) is 11.2 Å². The summed E-state index contributed by atoms with van der Waals surface area (Å²) in [4.78, 5) is 24.3. The zero-order valence-corrected chi connectivity index (χ0v) is 9.32. The summed E-state index contributed by atoms with van der Waals surface area (Å²) in [5.74, 6) is -0.196. The molecule has 0 aromatic heterocycles. The molecule has 2 aliphatic rings. The van der Waals surface area contributed by atoms with Crippen molar-refractivity contribution in [2.24, 2.45) is 0 Å². The molecule has 2 N–H and O–H groups in total. The van der Waals surface area contributed by atoms with Gasteiger partial charge in [-0.1, -0.05) is 0 Å². The summed E-state index contributed by atoms with van der Waals surface area (Å²) in [6.45, 7) is 1.07. The Labute approximate surface area is 98.8 Å². The van der Waals surface area contributed by atoms with E-state index in [9.17, 15) is 9.59 Å². The lowest BCUT2D eigenvalue weighted by molar-refractivity contribution is -0.115. The number of hydrogen-bond acceptors (Lipinski definition) is 3. The van der Waals surface area contributed by atoms with Crippen LogP contribution in [0.4, 0.5) is 16.2 Å². The fraction of sp³-hybridized carbons (Fsp3) is 0.333. The number of anilines is 2. The molecule has 0 bridgehead atoms. The SMILES string of the molecule is O=C1CNC(=O)N1c1ccc2c(c1)CCCN2. The number of hydrogen-bond donors (Lipinski definition) is 2. The average molecular weight is 231 g/mol. The van der Waals surface area contributed by atoms with Gasteiger partial charge in [0.2, 0.25) is 0 Å². The van der Waals surface area contributed by atoms with Crippen LogP contribution in [-0.4, -0.2) is 25.0 Å². The molecule has 0 aliphatic carbocycles. The van der Waals surface area contributed by atoms with E-state index in [-0.39, 0.29) is 18.5 Å². The highest BCUT2D eigenvalue weighted by atomic mass is 16.2. The number of aryl methyl sites for hydroxylation is 1. The Morgan fingerprint density at radius 3 is 2.82 bits per heavy atom. The number of nitrogens with one attached hydrogen (secondary N) is 2. The van der Waals surface area contributed by atoms with E-state index < -0.39 is 0 Å². The third kappa shape index (κ3) is 1.63. The van der Waals surface area contributed by atoms with E-state index >= 15 is 0 Å². The molecule has 88 valence electrons. The van der Waals surface area contributed by atoms with Crippen molar-refractivity contribution >= 4 is 23.3 Å². The fourth-order valence-electron chi connectivity index (χ4n) is 2.28. The zero-order valence-electron chi connectivity index (χ0n) is 9.32. The monoisotopic (exact) mass is 231 g/mol. The predicted molar refractivity (Wildman–Crippen MR) is 64.1 cm³/mol. The summed E-state index contributed by atoms with van der Waals surface area (Å²) in [6.07, 6.45) is 2.07. The minimum atomic E-state index is -0.335. The van der Waals surface area contributed by atoms with Crippen LogP contribution < -0.4 is 15.5 Å². The molecule has 0 saturated carbocycles. The van der Waals surface area contributed by atoms with Crippen molar-refractivity contribution in [3.63, 3.8) is 0 Å². The number of imide groups is 1. The van der Waals surface area contributed by atoms with E-state index in [0.717, 1.165) is 25.1 Å². The van der Waals surface area contributed by atoms with E-state index in [1.54, 1.807) is 6.07 Å². The minimum Gasteiger partial charge on any atom is -0.385 e. The summed E-state index contributed by atoms with van der Waals surface area (Å²) < 4.78 is 0. The average Bonchev–Trinajstić information content (AvgIpc) is 2.68. The van der Waals surface area contributed by atoms with Crippen LogP contribution in [0.1, 0.15) is 12.0 Å². The first-order valence-corrected chi connectivity index (χ1v) is 5.73. The van der Waals surface area contributed by atoms with Crippen LogP contribution in [0, 0.1) is 0 Å². The van der Waals surface area contributed by atoms with Gasteiger partial charge in [0, 0.05) is 12.2 Å². The number of rotatable bonds is 1. The van der Waals surface area contributed by atoms with Gasteiger partial charge in [-0.2, -0.15) is 0 Å². The highest BCUT2D eigenvalue weighted by molar-refractivity contribution is 6.19. The van der Waals surface area contributed by atoms with Gasteiger partial charge in [-0.05, 0) is 36.6 Å². The van der Waals surface area contributed by atoms with Crippen LogP contribution in [0.2, 0.25) is 0 Å². The van der Waals surface area contributed by atoms with Crippen molar-refractivity contribution < 1.29 is 9.59 Å². The van der Waals surface area contributed by atoms with Gasteiger partial charge in [0.25, 0.3) is 5.91 Å². The van der Waals surface area contributed by atoms with E-state index in [1.807, 2.05) is 12.1 Å². The second-order valence-corrected chi connectivity index (χ2v) is 4.26. The van der Waals surface area contributed by atoms with Crippen molar-refractivity contribution in [2.45, 2.75) is 12.8 Å². The van der Waals surface area contributed by atoms with E-state index in [0.29, 0.717) is 5.69 Å². The number of fused-ring (bicyclic) bond motifs is 1. The molecule has 0 atom stereocenters. The first kappa shape index (κ1) is 10.1. The second-order valence-electron chi connectivity index (χ2n) is 4.26. The van der Waals surface area contributed by atoms with E-state index in [4.69, 9.17) is 0 Å². The van der Waals surface area contributed by atoms with Gasteiger partial charge in [0.15, 0.2) is 0 Å². The van der Waals surface area contributed by atoms with Gasteiger partial charge in [-0.25, -0.2) is 9.69 Å². The Balaban J connectivity index is 1.98. The largest absolute Gasteiger partial charge is 0.385 e. The highest BCUT2D eigenvalue weighted by Crippen LogP contribution is 2.27. The molecule has 1 fully saturated rings. The molecule has 1 saturated heterocycles. The third-order valence-electron chi connectivity index (χ3n) is 3.13. The maximum Gasteiger partial charge on any atom is 0.329 e. The van der Waals surface area contributed by atoms with Gasteiger partial charge < -0.3 is 10.6 Å². The highest BCUT2D eigenvalue weighted by Gasteiger charge is 2.30. The van der Waals surface area contributed by atoms with Crippen LogP contribution in [0.3, 0.4) is 0 Å². The second kappa shape index (κ2) is 3.76. The Hall–Kier alpha value is -2.04. The number of nitrogens with zero attached hydrogens (tertiary/aromatic N) is 1. The molecule has 5 heteroatoms. The minimum absolute atomic E-state index is 0.0914. The summed E-state index contributed by atoms with van der Waals surface area (Å²) in [6, 6.07) is 5.33. The Bertz CT molecular complexity index is 483. The van der Waals surface area contributed by atoms with Crippen molar-refractivity contribution in [2.75, 3.05) is 23.3 Å². The van der Waals surface area contributed by atoms with Crippen molar-refractivity contribution in [3.8, 4) is 0 Å². The number of amides is 3. The molecule has 1 aromatic rings. The van der Waals surface area contributed by atoms with Crippen LogP contribution in [0.5, 0.6) is 0 Å². The number of carbonyl (C=O) groups excluding carboxylic acids is 2. The van der Waals surface area contributed by atoms with Crippen LogP contribution in [0.25, 0.3) is 0 Å². The van der Waals surface area contributed by atoms with Gasteiger partial charge in [0.1, 0.15) is 0 Å². The number of urea groups is 1. The molecule has 0 unspecified atom stereocenters. The van der Waals surface area contributed by atoms with E-state index in [1.165, 1.54) is 10.5 Å². The smallest absolute Gasteiger partial charge is 0.329 e. The molecular formula is C12H13N3O2. The first-order chi connectivity index (χ1) is 8.25. The number of benzene rings is 1. The Morgan fingerprint density at radius 1 is 1.18 bits per heavy atom. The maximum absolute atomic E-state index is 11.6. The molecule has 2 aliphatic heterocycles. The summed E-state index contributed by atoms with van der Waals surface area (Å²) in [5.41, 5.74) is 2.93. The van der Waals surface area contributed by atoms with E-state index in [2.05, 4.69) is 10.6 Å². The normalized spacial score (nSPS) is 18.7. The molecule has 0 spiro atoms. The maximum atomic E-state index is 11.6. The topological polar surface area (TPSA) is 61.4 Å². The summed E-state index contributed by atoms with van der Waals surface area (Å²) in [7, 11) is 0. The lowest BCUT2D eigenvalue weighted by atomic mass is 10.0. The fourth-order valence-corrected chi connectivity index (χ4v) is 2.28. The Morgan fingerprint density at radius 2 is 2.06 bits per heavy atom. The standard InChI is InChI=1S/C12H13N3O2/c16-11-7-14-12(17)15(11)9-3-4-10-8(6-9)2-1-5-13-10/h3-4,6,13H,1-2,5,7H2,(H,14,17). The van der Waals surface area contributed by atoms with Gasteiger partial charge in [-0.15, -0.1) is 0 Å².